The molecule has 0 amide bonds. The molecular formula is C18H23ClN2O5. The van der Waals surface area contributed by atoms with Crippen LogP contribution >= 0.6 is 11.6 Å². The van der Waals surface area contributed by atoms with E-state index in [4.69, 9.17) is 25.5 Å². The molecule has 0 radical (unpaired) electrons. The lowest BCUT2D eigenvalue weighted by Gasteiger charge is -2.24. The summed E-state index contributed by atoms with van der Waals surface area (Å²) in [6, 6.07) is 4.72. The second kappa shape index (κ2) is 9.43. The molecule has 1 atom stereocenters. The van der Waals surface area contributed by atoms with E-state index >= 15 is 0 Å². The summed E-state index contributed by atoms with van der Waals surface area (Å²) in [5, 5.41) is 3.59. The van der Waals surface area contributed by atoms with Gasteiger partial charge in [0.2, 0.25) is 0 Å². The van der Waals surface area contributed by atoms with Crippen LogP contribution in [0.15, 0.2) is 22.6 Å². The molecule has 142 valence electrons. The molecule has 1 aromatic heterocycles. The first-order valence-corrected chi connectivity index (χ1v) is 9.03. The van der Waals surface area contributed by atoms with Gasteiger partial charge in [0.25, 0.3) is 6.01 Å². The van der Waals surface area contributed by atoms with Gasteiger partial charge < -0.3 is 19.2 Å². The number of hydrogen-bond acceptors (Lipinski definition) is 7. The molecule has 0 saturated heterocycles. The number of nitrogens with zero attached hydrogens (tertiary/aromatic N) is 1. The average molecular weight is 383 g/mol. The van der Waals surface area contributed by atoms with Gasteiger partial charge in [0.1, 0.15) is 5.52 Å². The van der Waals surface area contributed by atoms with Crippen molar-refractivity contribution in [2.45, 2.75) is 39.7 Å². The predicted octanol–water partition coefficient (Wildman–Crippen LogP) is 3.80. The zero-order valence-corrected chi connectivity index (χ0v) is 15.8. The van der Waals surface area contributed by atoms with E-state index in [0.29, 0.717) is 22.5 Å². The molecule has 0 aliphatic rings. The van der Waals surface area contributed by atoms with Crippen molar-refractivity contribution in [3.63, 3.8) is 0 Å². The predicted molar refractivity (Wildman–Crippen MR) is 98.1 cm³/mol. The second-order valence-electron chi connectivity index (χ2n) is 5.65. The average Bonchev–Trinajstić information content (AvgIpc) is 2.97. The van der Waals surface area contributed by atoms with Gasteiger partial charge in [-0.3, -0.25) is 9.59 Å². The molecule has 0 saturated carbocycles. The van der Waals surface area contributed by atoms with E-state index in [1.165, 1.54) is 0 Å². The molecule has 1 N–H and O–H groups in total. The summed E-state index contributed by atoms with van der Waals surface area (Å²) in [5.74, 6) is -2.36. The smallest absolute Gasteiger partial charge is 0.322 e. The Balaban J connectivity index is 2.29. The number of hydrogen-bond donors (Lipinski definition) is 1. The molecule has 1 heterocycles. The van der Waals surface area contributed by atoms with Crippen molar-refractivity contribution in [2.24, 2.45) is 5.92 Å². The Kier molecular flexibility index (Phi) is 7.26. The Bertz CT molecular complexity index is 743. The number of fused-ring (bicyclic) bond motifs is 1. The fourth-order valence-electron chi connectivity index (χ4n) is 2.64. The third-order valence-corrected chi connectivity index (χ3v) is 3.98. The SMILES string of the molecule is CCCC(Nc1nc2cc(Cl)ccc2o1)C(C(=O)OCC)C(=O)OCC. The Morgan fingerprint density at radius 1 is 1.19 bits per heavy atom. The Hall–Kier alpha value is -2.28. The summed E-state index contributed by atoms with van der Waals surface area (Å²) < 4.78 is 15.8. The van der Waals surface area contributed by atoms with Crippen molar-refractivity contribution in [3.8, 4) is 0 Å². The topological polar surface area (TPSA) is 90.7 Å². The summed E-state index contributed by atoms with van der Waals surface area (Å²) >= 11 is 5.96. The van der Waals surface area contributed by atoms with Crippen molar-refractivity contribution >= 4 is 40.7 Å². The molecule has 0 aliphatic carbocycles. The number of benzene rings is 1. The fourth-order valence-corrected chi connectivity index (χ4v) is 2.81. The minimum Gasteiger partial charge on any atom is -0.465 e. The lowest BCUT2D eigenvalue weighted by Crippen LogP contribution is -2.42. The van der Waals surface area contributed by atoms with Crippen molar-refractivity contribution in [1.29, 1.82) is 0 Å². The first kappa shape index (κ1) is 20.0. The van der Waals surface area contributed by atoms with Gasteiger partial charge in [-0.25, -0.2) is 0 Å². The molecule has 2 aromatic rings. The quantitative estimate of drug-likeness (QED) is 0.521. The maximum absolute atomic E-state index is 12.4. The molecule has 1 unspecified atom stereocenters. The number of carbonyl (C=O) groups excluding carboxylic acids is 2. The molecule has 2 rings (SSSR count). The molecule has 8 heteroatoms. The molecule has 7 nitrogen and oxygen atoms in total. The van der Waals surface area contributed by atoms with Gasteiger partial charge in [0.15, 0.2) is 11.5 Å². The van der Waals surface area contributed by atoms with Crippen LogP contribution in [0.3, 0.4) is 0 Å². The number of oxazole rings is 1. The maximum Gasteiger partial charge on any atom is 0.322 e. The molecule has 0 bridgehead atoms. The number of esters is 2. The third-order valence-electron chi connectivity index (χ3n) is 3.74. The van der Waals surface area contributed by atoms with Gasteiger partial charge in [-0.15, -0.1) is 0 Å². The third kappa shape index (κ3) is 4.88. The number of aromatic nitrogens is 1. The molecular weight excluding hydrogens is 360 g/mol. The van der Waals surface area contributed by atoms with Crippen LogP contribution in [-0.2, 0) is 19.1 Å². The molecule has 1 aromatic carbocycles. The van der Waals surface area contributed by atoms with Crippen molar-refractivity contribution < 1.29 is 23.5 Å². The lowest BCUT2D eigenvalue weighted by atomic mass is 9.96. The first-order valence-electron chi connectivity index (χ1n) is 8.66. The van der Waals surface area contributed by atoms with Crippen molar-refractivity contribution in [3.05, 3.63) is 23.2 Å². The summed E-state index contributed by atoms with van der Waals surface area (Å²) in [7, 11) is 0. The Morgan fingerprint density at radius 3 is 2.42 bits per heavy atom. The highest BCUT2D eigenvalue weighted by molar-refractivity contribution is 6.31. The number of ether oxygens (including phenoxy) is 2. The Labute approximate surface area is 157 Å². The van der Waals surface area contributed by atoms with Crippen LogP contribution in [0.25, 0.3) is 11.1 Å². The number of nitrogens with one attached hydrogen (secondary N) is 1. The van der Waals surface area contributed by atoms with Crippen molar-refractivity contribution in [2.75, 3.05) is 18.5 Å². The number of carbonyl (C=O) groups is 2. The van der Waals surface area contributed by atoms with Crippen LogP contribution in [0.5, 0.6) is 0 Å². The van der Waals surface area contributed by atoms with Crippen LogP contribution in [-0.4, -0.2) is 36.2 Å². The highest BCUT2D eigenvalue weighted by Crippen LogP contribution is 2.25. The van der Waals surface area contributed by atoms with Gasteiger partial charge in [-0.1, -0.05) is 24.9 Å². The number of halogens is 1. The standard InChI is InChI=1S/C18H23ClN2O5/c1-4-7-12(15(16(22)24-5-2)17(23)25-6-3)20-18-21-13-10-11(19)8-9-14(13)26-18/h8-10,12,15H,4-7H2,1-3H3,(H,20,21). The van der Waals surface area contributed by atoms with Crippen LogP contribution in [0.2, 0.25) is 5.02 Å². The number of rotatable bonds is 9. The van der Waals surface area contributed by atoms with Crippen LogP contribution < -0.4 is 5.32 Å². The number of anilines is 1. The van der Waals surface area contributed by atoms with Crippen LogP contribution in [0.4, 0.5) is 6.01 Å². The first-order chi connectivity index (χ1) is 12.5. The van der Waals surface area contributed by atoms with E-state index in [2.05, 4.69) is 10.3 Å². The lowest BCUT2D eigenvalue weighted by molar-refractivity contribution is -0.162. The van der Waals surface area contributed by atoms with E-state index in [1.54, 1.807) is 32.0 Å². The van der Waals surface area contributed by atoms with E-state index in [9.17, 15) is 9.59 Å². The minimum absolute atomic E-state index is 0.176. The maximum atomic E-state index is 12.4. The summed E-state index contributed by atoms with van der Waals surface area (Å²) in [5.41, 5.74) is 1.13. The van der Waals surface area contributed by atoms with Gasteiger partial charge >= 0.3 is 11.9 Å². The summed E-state index contributed by atoms with van der Waals surface area (Å²) in [4.78, 5) is 29.0. The fraction of sp³-hybridized carbons (Fsp3) is 0.500. The van der Waals surface area contributed by atoms with Gasteiger partial charge in [0.05, 0.1) is 19.3 Å². The molecule has 0 spiro atoms. The second-order valence-corrected chi connectivity index (χ2v) is 6.09. The van der Waals surface area contributed by atoms with Crippen molar-refractivity contribution in [1.82, 2.24) is 4.98 Å². The van der Waals surface area contributed by atoms with Gasteiger partial charge in [0, 0.05) is 5.02 Å². The highest BCUT2D eigenvalue weighted by Gasteiger charge is 2.38. The van der Waals surface area contributed by atoms with Crippen LogP contribution in [0.1, 0.15) is 33.6 Å². The van der Waals surface area contributed by atoms with Gasteiger partial charge in [-0.05, 0) is 38.5 Å². The van der Waals surface area contributed by atoms with Gasteiger partial charge in [-0.2, -0.15) is 4.98 Å². The minimum atomic E-state index is -1.10. The summed E-state index contributed by atoms with van der Waals surface area (Å²) in [6.45, 7) is 5.68. The Morgan fingerprint density at radius 2 is 1.85 bits per heavy atom. The largest absolute Gasteiger partial charge is 0.465 e. The zero-order valence-electron chi connectivity index (χ0n) is 15.1. The summed E-state index contributed by atoms with van der Waals surface area (Å²) in [6.07, 6.45) is 1.26. The van der Waals surface area contributed by atoms with E-state index < -0.39 is 23.9 Å². The van der Waals surface area contributed by atoms with E-state index in [0.717, 1.165) is 6.42 Å². The monoisotopic (exact) mass is 382 g/mol. The molecule has 0 aliphatic heterocycles. The normalized spacial score (nSPS) is 12.2. The zero-order chi connectivity index (χ0) is 19.1. The molecule has 26 heavy (non-hydrogen) atoms. The van der Waals surface area contributed by atoms with E-state index in [1.807, 2.05) is 6.92 Å². The van der Waals surface area contributed by atoms with E-state index in [-0.39, 0.29) is 19.2 Å². The highest BCUT2D eigenvalue weighted by atomic mass is 35.5. The molecule has 0 fully saturated rings. The van der Waals surface area contributed by atoms with Crippen LogP contribution in [0, 0.1) is 5.92 Å².